The zero-order valence-corrected chi connectivity index (χ0v) is 19.6. The van der Waals surface area contributed by atoms with Crippen LogP contribution in [0.1, 0.15) is 91.9 Å². The van der Waals surface area contributed by atoms with Gasteiger partial charge in [-0.1, -0.05) is 51.0 Å². The second-order valence-electron chi connectivity index (χ2n) is 11.3. The minimum absolute atomic E-state index is 0.252. The van der Waals surface area contributed by atoms with Crippen LogP contribution < -0.4 is 0 Å². The van der Waals surface area contributed by atoms with Crippen molar-refractivity contribution < 1.29 is 14.6 Å². The highest BCUT2D eigenvalue weighted by atomic mass is 19.1. The number of aliphatic hydroxyl groups is 2. The normalized spacial score (nSPS) is 38.8. The molecule has 170 valence electrons. The largest absolute Gasteiger partial charge is 0.390 e. The summed E-state index contributed by atoms with van der Waals surface area (Å²) in [5.41, 5.74) is 3.21. The first-order chi connectivity index (χ1) is 14.0. The average molecular weight is 419 g/mol. The first-order valence-electron chi connectivity index (χ1n) is 12.1. The quantitative estimate of drug-likeness (QED) is 0.505. The van der Waals surface area contributed by atoms with Gasteiger partial charge in [-0.15, -0.1) is 0 Å². The maximum absolute atomic E-state index is 13.7. The van der Waals surface area contributed by atoms with Crippen molar-refractivity contribution in [3.8, 4) is 0 Å². The highest BCUT2D eigenvalue weighted by molar-refractivity contribution is 5.37. The van der Waals surface area contributed by atoms with Gasteiger partial charge in [0.15, 0.2) is 0 Å². The fourth-order valence-corrected chi connectivity index (χ4v) is 6.67. The van der Waals surface area contributed by atoms with E-state index in [1.807, 2.05) is 13.8 Å². The van der Waals surface area contributed by atoms with Crippen molar-refractivity contribution in [3.63, 3.8) is 0 Å². The Morgan fingerprint density at radius 3 is 2.70 bits per heavy atom. The molecule has 6 atom stereocenters. The van der Waals surface area contributed by atoms with Crippen molar-refractivity contribution in [2.24, 2.45) is 23.2 Å². The lowest BCUT2D eigenvalue weighted by Gasteiger charge is -2.44. The number of rotatable bonds is 6. The van der Waals surface area contributed by atoms with Crippen LogP contribution in [0, 0.1) is 23.2 Å². The van der Waals surface area contributed by atoms with Crippen molar-refractivity contribution >= 4 is 0 Å². The zero-order valence-electron chi connectivity index (χ0n) is 19.6. The Morgan fingerprint density at radius 2 is 2.00 bits per heavy atom. The fourth-order valence-electron chi connectivity index (χ4n) is 6.67. The maximum Gasteiger partial charge on any atom is 0.130 e. The van der Waals surface area contributed by atoms with E-state index in [0.717, 1.165) is 36.3 Å². The first kappa shape index (κ1) is 23.7. The second-order valence-corrected chi connectivity index (χ2v) is 11.3. The third-order valence-corrected chi connectivity index (χ3v) is 8.41. The molecule has 3 aliphatic carbocycles. The van der Waals surface area contributed by atoms with E-state index < -0.39 is 17.9 Å². The van der Waals surface area contributed by atoms with Gasteiger partial charge in [0.25, 0.3) is 0 Å². The monoisotopic (exact) mass is 418 g/mol. The van der Waals surface area contributed by atoms with E-state index in [2.05, 4.69) is 32.6 Å². The number of hydrogen-bond donors (Lipinski definition) is 2. The van der Waals surface area contributed by atoms with Gasteiger partial charge in [0.05, 0.1) is 11.7 Å². The Morgan fingerprint density at radius 1 is 1.27 bits per heavy atom. The van der Waals surface area contributed by atoms with Crippen LogP contribution in [0.5, 0.6) is 0 Å². The first-order valence-corrected chi connectivity index (χ1v) is 12.1. The summed E-state index contributed by atoms with van der Waals surface area (Å²) in [7, 11) is 0. The van der Waals surface area contributed by atoms with Crippen LogP contribution >= 0.6 is 0 Å². The molecule has 0 aromatic rings. The molecule has 3 heteroatoms. The summed E-state index contributed by atoms with van der Waals surface area (Å²) in [5.74, 6) is 2.08. The van der Waals surface area contributed by atoms with Gasteiger partial charge in [0.1, 0.15) is 6.17 Å². The third-order valence-electron chi connectivity index (χ3n) is 8.41. The van der Waals surface area contributed by atoms with Crippen molar-refractivity contribution in [2.75, 3.05) is 0 Å². The van der Waals surface area contributed by atoms with Gasteiger partial charge in [-0.3, -0.25) is 0 Å². The van der Waals surface area contributed by atoms with E-state index in [4.69, 9.17) is 0 Å². The second kappa shape index (κ2) is 9.28. The number of alkyl halides is 1. The van der Waals surface area contributed by atoms with Crippen molar-refractivity contribution in [1.29, 1.82) is 0 Å². The summed E-state index contributed by atoms with van der Waals surface area (Å²) in [5, 5.41) is 19.9. The van der Waals surface area contributed by atoms with E-state index in [0.29, 0.717) is 23.7 Å². The molecule has 3 rings (SSSR count). The molecule has 0 bridgehead atoms. The standard InChI is InChI=1S/C27H43FO2/c1-18(8-6-14-26(3,4)30)22-12-13-23-20(9-7-15-27(22,23)5)10-11-21-17-25(29)24(28)16-19(21)2/h10-11,18,22-25,29-30H,2,6-9,12-17H2,1,3-5H3/b20-10?,21-11-/t18-,22-,23?,24-,25-,27-/m1/s1. The maximum atomic E-state index is 13.7. The van der Waals surface area contributed by atoms with Gasteiger partial charge >= 0.3 is 0 Å². The van der Waals surface area contributed by atoms with E-state index in [9.17, 15) is 14.6 Å². The Hall–Kier alpha value is -0.930. The number of halogens is 1. The molecule has 30 heavy (non-hydrogen) atoms. The van der Waals surface area contributed by atoms with Gasteiger partial charge in [0.2, 0.25) is 0 Å². The Kier molecular flexibility index (Phi) is 7.34. The van der Waals surface area contributed by atoms with Gasteiger partial charge < -0.3 is 10.2 Å². The molecule has 0 saturated heterocycles. The predicted octanol–water partition coefficient (Wildman–Crippen LogP) is 6.68. The molecule has 3 saturated carbocycles. The molecular formula is C27H43FO2. The lowest BCUT2D eigenvalue weighted by Crippen LogP contribution is -2.36. The average Bonchev–Trinajstić information content (AvgIpc) is 3.00. The Balaban J connectivity index is 1.69. The molecule has 0 spiro atoms. The molecule has 1 unspecified atom stereocenters. The molecule has 2 N–H and O–H groups in total. The molecule has 0 amide bonds. The van der Waals surface area contributed by atoms with Crippen LogP contribution in [0.4, 0.5) is 4.39 Å². The highest BCUT2D eigenvalue weighted by Gasteiger charge is 2.50. The number of allylic oxidation sites excluding steroid dienone is 4. The molecule has 3 fully saturated rings. The molecule has 0 aliphatic heterocycles. The molecule has 2 nitrogen and oxygen atoms in total. The van der Waals surface area contributed by atoms with E-state index >= 15 is 0 Å². The van der Waals surface area contributed by atoms with E-state index in [1.54, 1.807) is 5.57 Å². The molecular weight excluding hydrogens is 375 g/mol. The van der Waals surface area contributed by atoms with Gasteiger partial charge in [-0.25, -0.2) is 4.39 Å². The summed E-state index contributed by atoms with van der Waals surface area (Å²) < 4.78 is 13.7. The molecule has 0 aromatic heterocycles. The van der Waals surface area contributed by atoms with Crippen LogP contribution in [0.2, 0.25) is 0 Å². The van der Waals surface area contributed by atoms with Crippen LogP contribution in [0.3, 0.4) is 0 Å². The minimum atomic E-state index is -1.17. The molecule has 0 aromatic carbocycles. The zero-order chi connectivity index (χ0) is 22.1. The van der Waals surface area contributed by atoms with Crippen LogP contribution in [0.25, 0.3) is 0 Å². The van der Waals surface area contributed by atoms with Gasteiger partial charge in [0, 0.05) is 12.8 Å². The lowest BCUT2D eigenvalue weighted by atomic mass is 9.60. The summed E-state index contributed by atoms with van der Waals surface area (Å²) in [6.45, 7) is 12.8. The summed E-state index contributed by atoms with van der Waals surface area (Å²) in [6, 6.07) is 0. The van der Waals surface area contributed by atoms with Crippen molar-refractivity contribution in [2.45, 2.75) is 110 Å². The number of fused-ring (bicyclic) bond motifs is 1. The summed E-state index contributed by atoms with van der Waals surface area (Å²) in [4.78, 5) is 0. The Bertz CT molecular complexity index is 685. The van der Waals surface area contributed by atoms with Crippen molar-refractivity contribution in [1.82, 2.24) is 0 Å². The SMILES string of the molecule is C=C1C[C@@H](F)[C@H](O)C/C1=C/C=C1CCC[C@@]2(C)C1CC[C@@H]2[C@H](C)CCCC(C)(C)O. The highest BCUT2D eigenvalue weighted by Crippen LogP contribution is 2.60. The number of hydrogen-bond acceptors (Lipinski definition) is 2. The minimum Gasteiger partial charge on any atom is -0.390 e. The summed E-state index contributed by atoms with van der Waals surface area (Å²) >= 11 is 0. The lowest BCUT2D eigenvalue weighted by molar-refractivity contribution is 0.0596. The van der Waals surface area contributed by atoms with Gasteiger partial charge in [-0.2, -0.15) is 0 Å². The Labute approximate surface area is 183 Å². The fraction of sp³-hybridized carbons (Fsp3) is 0.778. The molecule has 3 aliphatic rings. The van der Waals surface area contributed by atoms with Gasteiger partial charge in [-0.05, 0) is 86.7 Å². The number of aliphatic hydroxyl groups excluding tert-OH is 1. The van der Waals surface area contributed by atoms with E-state index in [-0.39, 0.29) is 6.42 Å². The topological polar surface area (TPSA) is 40.5 Å². The third kappa shape index (κ3) is 5.27. The smallest absolute Gasteiger partial charge is 0.130 e. The molecule has 0 radical (unpaired) electrons. The van der Waals surface area contributed by atoms with Crippen LogP contribution in [-0.2, 0) is 0 Å². The van der Waals surface area contributed by atoms with Crippen molar-refractivity contribution in [3.05, 3.63) is 35.5 Å². The van der Waals surface area contributed by atoms with E-state index in [1.165, 1.54) is 32.1 Å². The van der Waals surface area contributed by atoms with Crippen LogP contribution in [-0.4, -0.2) is 28.1 Å². The predicted molar refractivity (Wildman–Crippen MR) is 123 cm³/mol. The summed E-state index contributed by atoms with van der Waals surface area (Å²) in [6.07, 6.45) is 12.4. The van der Waals surface area contributed by atoms with Crippen LogP contribution in [0.15, 0.2) is 35.5 Å². The molecule has 0 heterocycles.